The monoisotopic (exact) mass is 262 g/mol. The Kier molecular flexibility index (Phi) is 3.34. The number of nitrogens with two attached hydrogens (primary N) is 1. The number of carbonyl (C=O) groups is 1. The van der Waals surface area contributed by atoms with E-state index in [9.17, 15) is 4.79 Å². The van der Waals surface area contributed by atoms with Gasteiger partial charge in [-0.05, 0) is 37.6 Å². The molecule has 0 aliphatic carbocycles. The van der Waals surface area contributed by atoms with Gasteiger partial charge in [0.25, 0.3) is 5.91 Å². The van der Waals surface area contributed by atoms with Gasteiger partial charge in [0.05, 0.1) is 17.7 Å². The van der Waals surface area contributed by atoms with E-state index in [1.165, 1.54) is 17.6 Å². The fraction of sp³-hybridized carbons (Fsp3) is 0.231. The van der Waals surface area contributed by atoms with Crippen LogP contribution in [0.5, 0.6) is 5.88 Å². The number of nitrogens with zero attached hydrogens (tertiary/aromatic N) is 1. The first-order valence-electron chi connectivity index (χ1n) is 5.45. The lowest BCUT2D eigenvalue weighted by Gasteiger charge is -2.05. The number of methoxy groups -OCH3 is 1. The zero-order valence-corrected chi connectivity index (χ0v) is 11.3. The molecule has 4 nitrogen and oxygen atoms in total. The maximum Gasteiger partial charge on any atom is 0.254 e. The van der Waals surface area contributed by atoms with Crippen LogP contribution < -0.4 is 10.5 Å². The van der Waals surface area contributed by atoms with Gasteiger partial charge in [-0.1, -0.05) is 0 Å². The SMILES string of the molecule is COc1nc(-c2cc(C)c(C)s2)ccc1C(N)=O. The van der Waals surface area contributed by atoms with Crippen molar-refractivity contribution in [1.29, 1.82) is 0 Å². The predicted molar refractivity (Wildman–Crippen MR) is 72.1 cm³/mol. The third-order valence-electron chi connectivity index (χ3n) is 2.74. The van der Waals surface area contributed by atoms with Gasteiger partial charge in [0, 0.05) is 4.88 Å². The van der Waals surface area contributed by atoms with E-state index in [0.717, 1.165) is 10.6 Å². The van der Waals surface area contributed by atoms with Crippen LogP contribution in [0.2, 0.25) is 0 Å². The molecule has 0 saturated heterocycles. The molecule has 0 aliphatic rings. The van der Waals surface area contributed by atoms with E-state index in [1.807, 2.05) is 0 Å². The second kappa shape index (κ2) is 4.78. The van der Waals surface area contributed by atoms with Gasteiger partial charge in [0.1, 0.15) is 5.56 Å². The van der Waals surface area contributed by atoms with Crippen LogP contribution in [0.15, 0.2) is 18.2 Å². The second-order valence-electron chi connectivity index (χ2n) is 3.97. The summed E-state index contributed by atoms with van der Waals surface area (Å²) in [6.07, 6.45) is 0. The van der Waals surface area contributed by atoms with Crippen LogP contribution in [-0.2, 0) is 0 Å². The van der Waals surface area contributed by atoms with Gasteiger partial charge < -0.3 is 10.5 Å². The van der Waals surface area contributed by atoms with Gasteiger partial charge in [0.15, 0.2) is 0 Å². The fourth-order valence-electron chi connectivity index (χ4n) is 1.62. The smallest absolute Gasteiger partial charge is 0.254 e. The lowest BCUT2D eigenvalue weighted by Crippen LogP contribution is -2.13. The Morgan fingerprint density at radius 1 is 1.39 bits per heavy atom. The summed E-state index contributed by atoms with van der Waals surface area (Å²) in [6.45, 7) is 4.13. The van der Waals surface area contributed by atoms with Crippen molar-refractivity contribution in [2.75, 3.05) is 7.11 Å². The number of hydrogen-bond donors (Lipinski definition) is 1. The number of aromatic nitrogens is 1. The molecular weight excluding hydrogens is 248 g/mol. The third kappa shape index (κ3) is 2.22. The molecule has 2 aromatic heterocycles. The van der Waals surface area contributed by atoms with Crippen molar-refractivity contribution in [2.45, 2.75) is 13.8 Å². The largest absolute Gasteiger partial charge is 0.480 e. The highest BCUT2D eigenvalue weighted by molar-refractivity contribution is 7.15. The number of thiophene rings is 1. The highest BCUT2D eigenvalue weighted by atomic mass is 32.1. The van der Waals surface area contributed by atoms with E-state index in [-0.39, 0.29) is 5.88 Å². The number of rotatable bonds is 3. The van der Waals surface area contributed by atoms with Crippen LogP contribution in [0, 0.1) is 13.8 Å². The van der Waals surface area contributed by atoms with Crippen molar-refractivity contribution < 1.29 is 9.53 Å². The topological polar surface area (TPSA) is 65.2 Å². The zero-order chi connectivity index (χ0) is 13.3. The number of pyridine rings is 1. The van der Waals surface area contributed by atoms with Crippen LogP contribution in [-0.4, -0.2) is 18.0 Å². The summed E-state index contributed by atoms with van der Waals surface area (Å²) in [6, 6.07) is 5.51. The minimum absolute atomic E-state index is 0.267. The molecule has 0 bridgehead atoms. The quantitative estimate of drug-likeness (QED) is 0.924. The summed E-state index contributed by atoms with van der Waals surface area (Å²) in [7, 11) is 1.48. The minimum Gasteiger partial charge on any atom is -0.480 e. The van der Waals surface area contributed by atoms with Crippen LogP contribution in [0.4, 0.5) is 0 Å². The highest BCUT2D eigenvalue weighted by Gasteiger charge is 2.13. The third-order valence-corrected chi connectivity index (χ3v) is 3.91. The number of hydrogen-bond acceptors (Lipinski definition) is 4. The second-order valence-corrected chi connectivity index (χ2v) is 5.22. The predicted octanol–water partition coefficient (Wildman–Crippen LogP) is 2.53. The van der Waals surface area contributed by atoms with E-state index in [0.29, 0.717) is 5.56 Å². The number of primary amides is 1. The molecule has 1 amide bonds. The summed E-state index contributed by atoms with van der Waals surface area (Å²) in [5.74, 6) is -0.270. The summed E-state index contributed by atoms with van der Waals surface area (Å²) in [4.78, 5) is 17.8. The van der Waals surface area contributed by atoms with Crippen molar-refractivity contribution in [1.82, 2.24) is 4.98 Å². The summed E-state index contributed by atoms with van der Waals surface area (Å²) in [5.41, 5.74) is 7.57. The maximum absolute atomic E-state index is 11.2. The molecule has 5 heteroatoms. The van der Waals surface area contributed by atoms with Gasteiger partial charge in [-0.3, -0.25) is 4.79 Å². The minimum atomic E-state index is -0.538. The van der Waals surface area contributed by atoms with Crippen LogP contribution >= 0.6 is 11.3 Å². The van der Waals surface area contributed by atoms with Crippen molar-refractivity contribution in [3.8, 4) is 16.5 Å². The maximum atomic E-state index is 11.2. The summed E-state index contributed by atoms with van der Waals surface area (Å²) >= 11 is 1.67. The average Bonchev–Trinajstić information content (AvgIpc) is 2.68. The Morgan fingerprint density at radius 2 is 2.11 bits per heavy atom. The molecule has 94 valence electrons. The molecule has 2 aromatic rings. The molecule has 0 radical (unpaired) electrons. The lowest BCUT2D eigenvalue weighted by atomic mass is 10.2. The number of carbonyl (C=O) groups excluding carboxylic acids is 1. The first-order chi connectivity index (χ1) is 8.52. The molecule has 0 spiro atoms. The molecule has 2 heterocycles. The molecule has 0 saturated carbocycles. The molecule has 0 atom stereocenters. The summed E-state index contributed by atoms with van der Waals surface area (Å²) < 4.78 is 5.10. The van der Waals surface area contributed by atoms with Gasteiger partial charge in [-0.25, -0.2) is 4.98 Å². The van der Waals surface area contributed by atoms with E-state index in [1.54, 1.807) is 23.5 Å². The highest BCUT2D eigenvalue weighted by Crippen LogP contribution is 2.31. The molecule has 2 rings (SSSR count). The first kappa shape index (κ1) is 12.6. The molecule has 18 heavy (non-hydrogen) atoms. The molecule has 0 unspecified atom stereocenters. The zero-order valence-electron chi connectivity index (χ0n) is 10.5. The van der Waals surface area contributed by atoms with Crippen molar-refractivity contribution in [2.24, 2.45) is 5.73 Å². The molecule has 0 aliphatic heterocycles. The van der Waals surface area contributed by atoms with E-state index in [4.69, 9.17) is 10.5 Å². The number of aryl methyl sites for hydroxylation is 2. The van der Waals surface area contributed by atoms with E-state index >= 15 is 0 Å². The van der Waals surface area contributed by atoms with Gasteiger partial charge in [-0.2, -0.15) is 0 Å². The van der Waals surface area contributed by atoms with Gasteiger partial charge >= 0.3 is 0 Å². The van der Waals surface area contributed by atoms with Crippen LogP contribution in [0.25, 0.3) is 10.6 Å². The van der Waals surface area contributed by atoms with E-state index < -0.39 is 5.91 Å². The normalized spacial score (nSPS) is 10.4. The average molecular weight is 262 g/mol. The van der Waals surface area contributed by atoms with E-state index in [2.05, 4.69) is 24.9 Å². The van der Waals surface area contributed by atoms with Crippen molar-refractivity contribution in [3.05, 3.63) is 34.2 Å². The van der Waals surface area contributed by atoms with Gasteiger partial charge in [0.2, 0.25) is 5.88 Å². The Morgan fingerprint density at radius 3 is 2.61 bits per heavy atom. The fourth-order valence-corrected chi connectivity index (χ4v) is 2.62. The molecule has 2 N–H and O–H groups in total. The Bertz CT molecular complexity index is 586. The van der Waals surface area contributed by atoms with Crippen molar-refractivity contribution in [3.63, 3.8) is 0 Å². The molecule has 0 fully saturated rings. The number of ether oxygens (including phenoxy) is 1. The summed E-state index contributed by atoms with van der Waals surface area (Å²) in [5, 5.41) is 0. The Hall–Kier alpha value is -1.88. The molecule has 0 aromatic carbocycles. The lowest BCUT2D eigenvalue weighted by molar-refractivity contribution is 0.0996. The number of amides is 1. The standard InChI is InChI=1S/C13H14N2O2S/c1-7-6-11(18-8(7)2)10-5-4-9(12(14)16)13(15-10)17-3/h4-6H,1-3H3,(H2,14,16). The Labute approximate surface area is 109 Å². The Balaban J connectivity index is 2.50. The first-order valence-corrected chi connectivity index (χ1v) is 6.27. The molecular formula is C13H14N2O2S. The van der Waals surface area contributed by atoms with Crippen LogP contribution in [0.3, 0.4) is 0 Å². The van der Waals surface area contributed by atoms with Crippen molar-refractivity contribution >= 4 is 17.2 Å². The van der Waals surface area contributed by atoms with Gasteiger partial charge in [-0.15, -0.1) is 11.3 Å². The van der Waals surface area contributed by atoms with Crippen LogP contribution in [0.1, 0.15) is 20.8 Å².